The van der Waals surface area contributed by atoms with Crippen LogP contribution in [0, 0.1) is 0 Å². The molecular formula is C78H144O11. The second-order valence-electron chi connectivity index (χ2n) is 26.3. The molecule has 0 aliphatic rings. The molecule has 1 N–H and O–H groups in total. The summed E-state index contributed by atoms with van der Waals surface area (Å²) in [5, 5.41) is 10.2. The van der Waals surface area contributed by atoms with Crippen LogP contribution in [0.3, 0.4) is 0 Å². The van der Waals surface area contributed by atoms with E-state index in [1.165, 1.54) is 212 Å². The van der Waals surface area contributed by atoms with Crippen LogP contribution in [-0.4, -0.2) is 73.6 Å². The van der Waals surface area contributed by atoms with Gasteiger partial charge < -0.3 is 28.8 Å². The van der Waals surface area contributed by atoms with Gasteiger partial charge in [-0.15, -0.1) is 0 Å². The molecule has 0 aromatic rings. The van der Waals surface area contributed by atoms with Gasteiger partial charge in [-0.25, -0.2) is 0 Å². The first-order valence-electron chi connectivity index (χ1n) is 38.5. The summed E-state index contributed by atoms with van der Waals surface area (Å²) in [4.78, 5) is 62.7. The Morgan fingerprint density at radius 2 is 0.427 bits per heavy atom. The average Bonchev–Trinajstić information content (AvgIpc) is 3.60. The van der Waals surface area contributed by atoms with Crippen LogP contribution in [-0.2, 0) is 47.7 Å². The van der Waals surface area contributed by atoms with Gasteiger partial charge in [0.05, 0.1) is 0 Å². The van der Waals surface area contributed by atoms with Crippen LogP contribution in [0.5, 0.6) is 0 Å². The van der Waals surface area contributed by atoms with Crippen molar-refractivity contribution in [2.24, 2.45) is 0 Å². The maximum atomic E-state index is 13.0. The minimum absolute atomic E-state index is 0.100. The number of hydrogen-bond acceptors (Lipinski definition) is 11. The van der Waals surface area contributed by atoms with E-state index in [0.29, 0.717) is 25.7 Å². The number of carbonyl (C=O) groups excluding carboxylic acids is 5. The lowest BCUT2D eigenvalue weighted by molar-refractivity contribution is -0.167. The van der Waals surface area contributed by atoms with Crippen molar-refractivity contribution in [3.8, 4) is 0 Å². The largest absolute Gasteiger partial charge is 0.463 e. The first-order chi connectivity index (χ1) is 43.7. The van der Waals surface area contributed by atoms with Crippen LogP contribution in [0.1, 0.15) is 406 Å². The van der Waals surface area contributed by atoms with Gasteiger partial charge in [0.2, 0.25) is 0 Å². The van der Waals surface area contributed by atoms with Gasteiger partial charge in [-0.2, -0.15) is 0 Å². The molecule has 0 amide bonds. The minimum atomic E-state index is -1.01. The van der Waals surface area contributed by atoms with Crippen molar-refractivity contribution in [2.45, 2.75) is 418 Å². The molecule has 0 fully saturated rings. The summed E-state index contributed by atoms with van der Waals surface area (Å²) < 4.78 is 27.4. The predicted molar refractivity (Wildman–Crippen MR) is 372 cm³/mol. The number of aliphatic hydroxyl groups excluding tert-OH is 1. The third-order valence-corrected chi connectivity index (χ3v) is 17.3. The van der Waals surface area contributed by atoms with Crippen LogP contribution in [0.25, 0.3) is 0 Å². The highest BCUT2D eigenvalue weighted by Gasteiger charge is 2.20. The Bertz CT molecular complexity index is 1540. The number of allylic oxidation sites excluding steroid dienone is 4. The molecule has 0 aliphatic carbocycles. The minimum Gasteiger partial charge on any atom is -0.463 e. The lowest BCUT2D eigenvalue weighted by Gasteiger charge is -2.18. The highest BCUT2D eigenvalue weighted by molar-refractivity contribution is 5.71. The fourth-order valence-corrected chi connectivity index (χ4v) is 11.4. The van der Waals surface area contributed by atoms with Crippen molar-refractivity contribution in [3.63, 3.8) is 0 Å². The molecule has 0 aromatic heterocycles. The Hall–Kier alpha value is -3.21. The number of hydrogen-bond donors (Lipinski definition) is 1. The maximum absolute atomic E-state index is 13.0. The van der Waals surface area contributed by atoms with Gasteiger partial charge in [0.25, 0.3) is 0 Å². The SMILES string of the molecule is CCCCCCCC/C=C\CCCCCCCC(=O)OCC(O)COC(=O)CCCCCCC/C=C/CCCCCCCC(=O)OC(COC(=O)CCCCCCCCCCCCCCCCC)COC(=O)CCCCCCCCCCCCCCCCC. The number of unbranched alkanes of at least 4 members (excludes halogenated alkanes) is 49. The summed E-state index contributed by atoms with van der Waals surface area (Å²) in [5.74, 6) is -1.58. The van der Waals surface area contributed by atoms with E-state index < -0.39 is 12.2 Å². The zero-order chi connectivity index (χ0) is 64.7. The van der Waals surface area contributed by atoms with E-state index in [4.69, 9.17) is 23.7 Å². The van der Waals surface area contributed by atoms with E-state index in [-0.39, 0.29) is 62.7 Å². The van der Waals surface area contributed by atoms with Gasteiger partial charge in [0, 0.05) is 32.1 Å². The number of rotatable bonds is 72. The normalized spacial score (nSPS) is 12.0. The van der Waals surface area contributed by atoms with Crippen molar-refractivity contribution in [2.75, 3.05) is 26.4 Å². The molecule has 89 heavy (non-hydrogen) atoms. The Labute approximate surface area is 549 Å². The van der Waals surface area contributed by atoms with Crippen molar-refractivity contribution in [1.82, 2.24) is 0 Å². The van der Waals surface area contributed by atoms with E-state index in [0.717, 1.165) is 141 Å². The van der Waals surface area contributed by atoms with Crippen molar-refractivity contribution in [3.05, 3.63) is 24.3 Å². The molecular weight excluding hydrogens is 1110 g/mol. The predicted octanol–water partition coefficient (Wildman–Crippen LogP) is 23.0. The maximum Gasteiger partial charge on any atom is 0.306 e. The Morgan fingerprint density at radius 1 is 0.247 bits per heavy atom. The van der Waals surface area contributed by atoms with Crippen molar-refractivity contribution < 1.29 is 52.8 Å². The summed E-state index contributed by atoms with van der Waals surface area (Å²) in [6.45, 7) is 6.28. The van der Waals surface area contributed by atoms with E-state index in [1.807, 2.05) is 0 Å². The standard InChI is InChI=1S/C78H144O11/c1-4-7-10-13-16-19-22-25-28-33-38-43-48-53-58-63-74(80)85-68-72(79)69-86-75(81)64-59-54-49-44-39-36-31-32-37-42-47-52-57-62-67-78(84)89-73(70-87-76(82)65-60-55-50-45-40-34-29-26-23-20-17-14-11-8-5-2)71-88-77(83)66-61-56-51-46-41-35-30-27-24-21-18-15-12-9-6-3/h25,28,31-32,72-73,79H,4-24,26-27,29-30,33-71H2,1-3H3/b28-25-,32-31+. The van der Waals surface area contributed by atoms with E-state index in [2.05, 4.69) is 45.1 Å². The molecule has 0 spiro atoms. The first-order valence-corrected chi connectivity index (χ1v) is 38.5. The zero-order valence-corrected chi connectivity index (χ0v) is 58.7. The second-order valence-corrected chi connectivity index (χ2v) is 26.3. The lowest BCUT2D eigenvalue weighted by Crippen LogP contribution is -2.30. The Balaban J connectivity index is 4.21. The molecule has 1 atom stereocenters. The van der Waals surface area contributed by atoms with Gasteiger partial charge in [-0.3, -0.25) is 24.0 Å². The van der Waals surface area contributed by atoms with E-state index in [1.54, 1.807) is 0 Å². The van der Waals surface area contributed by atoms with Gasteiger partial charge in [-0.1, -0.05) is 315 Å². The van der Waals surface area contributed by atoms with E-state index in [9.17, 15) is 29.1 Å². The molecule has 0 saturated heterocycles. The Kier molecular flexibility index (Phi) is 69.6. The van der Waals surface area contributed by atoms with Crippen LogP contribution in [0.2, 0.25) is 0 Å². The summed E-state index contributed by atoms with van der Waals surface area (Å²) in [7, 11) is 0. The third kappa shape index (κ3) is 70.5. The third-order valence-electron chi connectivity index (χ3n) is 17.3. The molecule has 0 radical (unpaired) electrons. The van der Waals surface area contributed by atoms with Crippen molar-refractivity contribution in [1.29, 1.82) is 0 Å². The van der Waals surface area contributed by atoms with Crippen molar-refractivity contribution >= 4 is 29.8 Å². The van der Waals surface area contributed by atoms with Crippen LogP contribution >= 0.6 is 0 Å². The van der Waals surface area contributed by atoms with Gasteiger partial charge in [0.15, 0.2) is 6.10 Å². The highest BCUT2D eigenvalue weighted by atomic mass is 16.6. The Morgan fingerprint density at radius 3 is 0.652 bits per heavy atom. The number of carbonyl (C=O) groups is 5. The molecule has 0 aromatic carbocycles. The van der Waals surface area contributed by atoms with Crippen LogP contribution in [0.4, 0.5) is 0 Å². The van der Waals surface area contributed by atoms with Crippen LogP contribution in [0.15, 0.2) is 24.3 Å². The molecule has 11 heteroatoms. The first kappa shape index (κ1) is 85.8. The fourth-order valence-electron chi connectivity index (χ4n) is 11.4. The smallest absolute Gasteiger partial charge is 0.306 e. The van der Waals surface area contributed by atoms with E-state index >= 15 is 0 Å². The van der Waals surface area contributed by atoms with Crippen LogP contribution < -0.4 is 0 Å². The molecule has 0 saturated carbocycles. The average molecular weight is 1260 g/mol. The molecule has 0 aliphatic heterocycles. The quantitative estimate of drug-likeness (QED) is 0.0268. The second kappa shape index (κ2) is 72.2. The summed E-state index contributed by atoms with van der Waals surface area (Å²) in [6, 6.07) is 0. The highest BCUT2D eigenvalue weighted by Crippen LogP contribution is 2.18. The van der Waals surface area contributed by atoms with Gasteiger partial charge >= 0.3 is 29.8 Å². The monoisotopic (exact) mass is 1260 g/mol. The molecule has 1 unspecified atom stereocenters. The molecule has 0 heterocycles. The molecule has 0 bridgehead atoms. The number of ether oxygens (including phenoxy) is 5. The van der Waals surface area contributed by atoms with Gasteiger partial charge in [-0.05, 0) is 83.5 Å². The summed E-state index contributed by atoms with van der Waals surface area (Å²) in [5.41, 5.74) is 0. The topological polar surface area (TPSA) is 152 Å². The molecule has 522 valence electrons. The van der Waals surface area contributed by atoms with Gasteiger partial charge in [0.1, 0.15) is 32.5 Å². The molecule has 11 nitrogen and oxygen atoms in total. The summed E-state index contributed by atoms with van der Waals surface area (Å²) >= 11 is 0. The summed E-state index contributed by atoms with van der Waals surface area (Å²) in [6.07, 6.45) is 74.6. The fraction of sp³-hybridized carbons (Fsp3) is 0.885. The molecule has 0 rings (SSSR count). The number of aliphatic hydroxyl groups is 1. The lowest BCUT2D eigenvalue weighted by atomic mass is 10.0. The zero-order valence-electron chi connectivity index (χ0n) is 58.7. The number of esters is 5.